The van der Waals surface area contributed by atoms with Crippen LogP contribution in [0, 0.1) is 0 Å². The normalized spacial score (nSPS) is 18.5. The molecule has 1 N–H and O–H groups in total. The van der Waals surface area contributed by atoms with Crippen LogP contribution in [0.4, 0.5) is 0 Å². The van der Waals surface area contributed by atoms with E-state index in [4.69, 9.17) is 0 Å². The minimum atomic E-state index is -3.03. The molecule has 0 aromatic rings. The third-order valence-corrected chi connectivity index (χ3v) is 4.90. The SMILES string of the molecule is CCCS(=O)(=O)CCC(=O)CN1CCCNCC1. The molecule has 6 heteroatoms. The van der Waals surface area contributed by atoms with Crippen molar-refractivity contribution in [3.8, 4) is 0 Å². The Labute approximate surface area is 110 Å². The van der Waals surface area contributed by atoms with Crippen LogP contribution < -0.4 is 5.32 Å². The largest absolute Gasteiger partial charge is 0.315 e. The van der Waals surface area contributed by atoms with Crippen LogP contribution in [0.5, 0.6) is 0 Å². The average Bonchev–Trinajstić information content (AvgIpc) is 2.55. The summed E-state index contributed by atoms with van der Waals surface area (Å²) >= 11 is 0. The molecule has 5 nitrogen and oxygen atoms in total. The second-order valence-corrected chi connectivity index (χ2v) is 7.12. The van der Waals surface area contributed by atoms with Gasteiger partial charge in [0.15, 0.2) is 9.84 Å². The maximum absolute atomic E-state index is 11.7. The molecule has 0 saturated carbocycles. The van der Waals surface area contributed by atoms with Gasteiger partial charge in [-0.2, -0.15) is 0 Å². The molecule has 0 amide bonds. The van der Waals surface area contributed by atoms with Crippen molar-refractivity contribution in [1.82, 2.24) is 10.2 Å². The Kier molecular flexibility index (Phi) is 6.81. The van der Waals surface area contributed by atoms with Crippen molar-refractivity contribution in [3.05, 3.63) is 0 Å². The van der Waals surface area contributed by atoms with Crippen molar-refractivity contribution in [2.24, 2.45) is 0 Å². The topological polar surface area (TPSA) is 66.5 Å². The molecule has 0 aromatic carbocycles. The number of Topliss-reactive ketones (excluding diaryl/α,β-unsaturated/α-hetero) is 1. The zero-order valence-electron chi connectivity index (χ0n) is 11.2. The van der Waals surface area contributed by atoms with Gasteiger partial charge in [0, 0.05) is 25.3 Å². The summed E-state index contributed by atoms with van der Waals surface area (Å²) in [5.41, 5.74) is 0. The van der Waals surface area contributed by atoms with E-state index in [1.807, 2.05) is 6.92 Å². The van der Waals surface area contributed by atoms with E-state index in [-0.39, 0.29) is 23.7 Å². The molecule has 1 saturated heterocycles. The Morgan fingerprint density at radius 2 is 2.00 bits per heavy atom. The number of hydrogen-bond donors (Lipinski definition) is 1. The first kappa shape index (κ1) is 15.6. The van der Waals surface area contributed by atoms with Gasteiger partial charge in [-0.25, -0.2) is 8.42 Å². The highest BCUT2D eigenvalue weighted by molar-refractivity contribution is 7.91. The molecule has 1 rings (SSSR count). The lowest BCUT2D eigenvalue weighted by Crippen LogP contribution is -2.33. The predicted molar refractivity (Wildman–Crippen MR) is 72.5 cm³/mol. The number of rotatable bonds is 7. The van der Waals surface area contributed by atoms with Gasteiger partial charge in [-0.3, -0.25) is 9.69 Å². The number of carbonyl (C=O) groups is 1. The minimum Gasteiger partial charge on any atom is -0.315 e. The second kappa shape index (κ2) is 7.86. The Balaban J connectivity index is 2.28. The van der Waals surface area contributed by atoms with Crippen LogP contribution in [-0.2, 0) is 14.6 Å². The van der Waals surface area contributed by atoms with Crippen LogP contribution in [0.1, 0.15) is 26.2 Å². The lowest BCUT2D eigenvalue weighted by atomic mass is 10.3. The van der Waals surface area contributed by atoms with E-state index in [0.717, 1.165) is 32.6 Å². The molecule has 0 radical (unpaired) electrons. The summed E-state index contributed by atoms with van der Waals surface area (Å²) in [6, 6.07) is 0. The molecule has 0 aromatic heterocycles. The van der Waals surface area contributed by atoms with Crippen molar-refractivity contribution in [2.45, 2.75) is 26.2 Å². The van der Waals surface area contributed by atoms with Crippen molar-refractivity contribution >= 4 is 15.6 Å². The monoisotopic (exact) mass is 276 g/mol. The number of nitrogens with one attached hydrogen (secondary N) is 1. The molecule has 1 aliphatic heterocycles. The van der Waals surface area contributed by atoms with Gasteiger partial charge in [-0.1, -0.05) is 6.92 Å². The van der Waals surface area contributed by atoms with Gasteiger partial charge in [0.25, 0.3) is 0 Å². The number of nitrogens with zero attached hydrogens (tertiary/aromatic N) is 1. The number of carbonyl (C=O) groups excluding carboxylic acids is 1. The standard InChI is InChI=1S/C12H24N2O3S/c1-2-9-18(16,17)10-4-12(15)11-14-7-3-5-13-6-8-14/h13H,2-11H2,1H3. The summed E-state index contributed by atoms with van der Waals surface area (Å²) in [7, 11) is -3.03. The van der Waals surface area contributed by atoms with E-state index in [9.17, 15) is 13.2 Å². The number of hydrogen-bond acceptors (Lipinski definition) is 5. The highest BCUT2D eigenvalue weighted by atomic mass is 32.2. The second-order valence-electron chi connectivity index (χ2n) is 4.82. The van der Waals surface area contributed by atoms with Crippen LogP contribution in [0.3, 0.4) is 0 Å². The van der Waals surface area contributed by atoms with Gasteiger partial charge in [0.2, 0.25) is 0 Å². The first-order valence-corrected chi connectivity index (χ1v) is 8.51. The lowest BCUT2D eigenvalue weighted by Gasteiger charge is -2.18. The summed E-state index contributed by atoms with van der Waals surface area (Å²) in [6.07, 6.45) is 1.82. The first-order chi connectivity index (χ1) is 8.53. The molecule has 0 bridgehead atoms. The molecule has 106 valence electrons. The molecule has 0 atom stereocenters. The van der Waals surface area contributed by atoms with Crippen LogP contribution in [-0.4, -0.2) is 63.3 Å². The predicted octanol–water partition coefficient (Wildman–Crippen LogP) is 0.0657. The smallest absolute Gasteiger partial charge is 0.150 e. The van der Waals surface area contributed by atoms with Gasteiger partial charge < -0.3 is 5.32 Å². The highest BCUT2D eigenvalue weighted by Crippen LogP contribution is 2.01. The third kappa shape index (κ3) is 6.47. The van der Waals surface area contributed by atoms with Crippen LogP contribution in [0.25, 0.3) is 0 Å². The fraction of sp³-hybridized carbons (Fsp3) is 0.917. The van der Waals surface area contributed by atoms with Crippen molar-refractivity contribution in [2.75, 3.05) is 44.2 Å². The van der Waals surface area contributed by atoms with Gasteiger partial charge in [-0.15, -0.1) is 0 Å². The molecule has 0 spiro atoms. The highest BCUT2D eigenvalue weighted by Gasteiger charge is 2.16. The fourth-order valence-electron chi connectivity index (χ4n) is 2.07. The van der Waals surface area contributed by atoms with Crippen LogP contribution >= 0.6 is 0 Å². The molecule has 0 aliphatic carbocycles. The molecular formula is C12H24N2O3S. The van der Waals surface area contributed by atoms with E-state index in [0.29, 0.717) is 13.0 Å². The van der Waals surface area contributed by atoms with Gasteiger partial charge in [0.1, 0.15) is 5.78 Å². The Bertz CT molecular complexity index is 346. The lowest BCUT2D eigenvalue weighted by molar-refractivity contribution is -0.119. The van der Waals surface area contributed by atoms with E-state index >= 15 is 0 Å². The van der Waals surface area contributed by atoms with E-state index in [1.165, 1.54) is 0 Å². The van der Waals surface area contributed by atoms with Gasteiger partial charge in [0.05, 0.1) is 12.3 Å². The third-order valence-electron chi connectivity index (χ3n) is 3.04. The number of sulfone groups is 1. The molecule has 1 fully saturated rings. The molecular weight excluding hydrogens is 252 g/mol. The molecule has 0 unspecified atom stereocenters. The van der Waals surface area contributed by atoms with E-state index < -0.39 is 9.84 Å². The van der Waals surface area contributed by atoms with Crippen molar-refractivity contribution < 1.29 is 13.2 Å². The molecule has 1 heterocycles. The van der Waals surface area contributed by atoms with Gasteiger partial charge >= 0.3 is 0 Å². The summed E-state index contributed by atoms with van der Waals surface area (Å²) in [6.45, 7) is 5.91. The number of ketones is 1. The quantitative estimate of drug-likeness (QED) is 0.712. The van der Waals surface area contributed by atoms with Crippen molar-refractivity contribution in [1.29, 1.82) is 0 Å². The summed E-state index contributed by atoms with van der Waals surface area (Å²) < 4.78 is 23.0. The van der Waals surface area contributed by atoms with Crippen LogP contribution in [0.2, 0.25) is 0 Å². The van der Waals surface area contributed by atoms with Gasteiger partial charge in [-0.05, 0) is 25.9 Å². The Hall–Kier alpha value is -0.460. The fourth-order valence-corrected chi connectivity index (χ4v) is 3.44. The van der Waals surface area contributed by atoms with Crippen molar-refractivity contribution in [3.63, 3.8) is 0 Å². The zero-order valence-corrected chi connectivity index (χ0v) is 12.0. The van der Waals surface area contributed by atoms with E-state index in [1.54, 1.807) is 0 Å². The molecule has 1 aliphatic rings. The summed E-state index contributed by atoms with van der Waals surface area (Å²) in [5.74, 6) is 0.233. The maximum atomic E-state index is 11.7. The maximum Gasteiger partial charge on any atom is 0.150 e. The summed E-state index contributed by atoms with van der Waals surface area (Å²) in [4.78, 5) is 13.9. The first-order valence-electron chi connectivity index (χ1n) is 6.68. The average molecular weight is 276 g/mol. The van der Waals surface area contributed by atoms with Crippen LogP contribution in [0.15, 0.2) is 0 Å². The Morgan fingerprint density at radius 3 is 2.72 bits per heavy atom. The zero-order chi connectivity index (χ0) is 13.4. The minimum absolute atomic E-state index is 0.00572. The Morgan fingerprint density at radius 1 is 1.22 bits per heavy atom. The summed E-state index contributed by atoms with van der Waals surface area (Å²) in [5, 5.41) is 3.27. The van der Waals surface area contributed by atoms with E-state index in [2.05, 4.69) is 10.2 Å². The molecule has 18 heavy (non-hydrogen) atoms.